The number of nitrogens with zero attached hydrogens (tertiary/aromatic N) is 1. The van der Waals surface area contributed by atoms with Gasteiger partial charge in [-0.2, -0.15) is 0 Å². The fourth-order valence-electron chi connectivity index (χ4n) is 1.48. The van der Waals surface area contributed by atoms with Gasteiger partial charge in [-0.3, -0.25) is 0 Å². The summed E-state index contributed by atoms with van der Waals surface area (Å²) < 4.78 is 0. The first-order valence-corrected chi connectivity index (χ1v) is 4.52. The average molecular weight is 188 g/mol. The van der Waals surface area contributed by atoms with Crippen molar-refractivity contribution < 1.29 is 5.11 Å². The average Bonchev–Trinajstić information content (AvgIpc) is 2.65. The molecule has 2 rings (SSSR count). The van der Waals surface area contributed by atoms with Crippen LogP contribution in [0, 0.1) is 6.92 Å². The maximum absolute atomic E-state index is 9.15. The van der Waals surface area contributed by atoms with Crippen molar-refractivity contribution in [1.29, 1.82) is 0 Å². The molecule has 1 aromatic carbocycles. The highest BCUT2D eigenvalue weighted by Crippen LogP contribution is 2.21. The standard InChI is InChI=1S/C11H12N2O/c1-8-12-6-11(13-8)10-5-3-2-4-9(10)7-14/h2-6,14H,7H2,1H3,(H,12,13). The Balaban J connectivity index is 2.50. The van der Waals surface area contributed by atoms with Gasteiger partial charge in [0, 0.05) is 5.56 Å². The second kappa shape index (κ2) is 3.64. The zero-order valence-corrected chi connectivity index (χ0v) is 7.99. The van der Waals surface area contributed by atoms with Crippen LogP contribution in [-0.4, -0.2) is 15.1 Å². The van der Waals surface area contributed by atoms with Crippen molar-refractivity contribution in [2.45, 2.75) is 13.5 Å². The number of aryl methyl sites for hydroxylation is 1. The van der Waals surface area contributed by atoms with Crippen LogP contribution in [0.3, 0.4) is 0 Å². The molecule has 3 heteroatoms. The van der Waals surface area contributed by atoms with E-state index in [0.717, 1.165) is 22.6 Å². The second-order valence-electron chi connectivity index (χ2n) is 3.20. The number of aliphatic hydroxyl groups excluding tert-OH is 1. The molecule has 0 amide bonds. The van der Waals surface area contributed by atoms with Crippen LogP contribution in [0.1, 0.15) is 11.4 Å². The topological polar surface area (TPSA) is 48.9 Å². The molecule has 0 aliphatic rings. The molecule has 14 heavy (non-hydrogen) atoms. The zero-order valence-electron chi connectivity index (χ0n) is 7.99. The van der Waals surface area contributed by atoms with Crippen molar-refractivity contribution in [3.63, 3.8) is 0 Å². The molecule has 1 heterocycles. The Morgan fingerprint density at radius 2 is 2.14 bits per heavy atom. The summed E-state index contributed by atoms with van der Waals surface area (Å²) >= 11 is 0. The molecule has 0 fully saturated rings. The van der Waals surface area contributed by atoms with Gasteiger partial charge in [0.25, 0.3) is 0 Å². The van der Waals surface area contributed by atoms with E-state index in [-0.39, 0.29) is 6.61 Å². The monoisotopic (exact) mass is 188 g/mol. The van der Waals surface area contributed by atoms with Gasteiger partial charge in [-0.05, 0) is 12.5 Å². The number of benzene rings is 1. The normalized spacial score (nSPS) is 10.4. The summed E-state index contributed by atoms with van der Waals surface area (Å²) in [5.74, 6) is 0.882. The lowest BCUT2D eigenvalue weighted by Gasteiger charge is -2.03. The molecule has 0 bridgehead atoms. The van der Waals surface area contributed by atoms with E-state index in [1.165, 1.54) is 0 Å². The molecule has 0 aliphatic heterocycles. The number of rotatable bonds is 2. The molecule has 1 aromatic heterocycles. The SMILES string of the molecule is Cc1ncc(-c2ccccc2CO)[nH]1. The Morgan fingerprint density at radius 3 is 2.79 bits per heavy atom. The third-order valence-corrected chi connectivity index (χ3v) is 2.18. The fourth-order valence-corrected chi connectivity index (χ4v) is 1.48. The fraction of sp³-hybridized carbons (Fsp3) is 0.182. The quantitative estimate of drug-likeness (QED) is 0.756. The van der Waals surface area contributed by atoms with Gasteiger partial charge in [0.2, 0.25) is 0 Å². The number of imidazole rings is 1. The first kappa shape index (κ1) is 8.97. The second-order valence-corrected chi connectivity index (χ2v) is 3.20. The van der Waals surface area contributed by atoms with Crippen LogP contribution in [0.4, 0.5) is 0 Å². The van der Waals surface area contributed by atoms with Gasteiger partial charge in [0.05, 0.1) is 18.5 Å². The first-order valence-electron chi connectivity index (χ1n) is 4.52. The molecule has 0 unspecified atom stereocenters. The molecular formula is C11H12N2O. The van der Waals surface area contributed by atoms with E-state index in [4.69, 9.17) is 5.11 Å². The maximum Gasteiger partial charge on any atom is 0.103 e. The molecule has 0 saturated carbocycles. The Labute approximate surface area is 82.4 Å². The molecule has 0 saturated heterocycles. The number of hydrogen-bond donors (Lipinski definition) is 2. The predicted octanol–water partition coefficient (Wildman–Crippen LogP) is 1.88. The molecule has 72 valence electrons. The first-order chi connectivity index (χ1) is 6.81. The van der Waals surface area contributed by atoms with Gasteiger partial charge in [-0.15, -0.1) is 0 Å². The van der Waals surface area contributed by atoms with Crippen LogP contribution in [0.15, 0.2) is 30.5 Å². The highest BCUT2D eigenvalue weighted by atomic mass is 16.3. The summed E-state index contributed by atoms with van der Waals surface area (Å²) in [5.41, 5.74) is 2.87. The Hall–Kier alpha value is -1.61. The van der Waals surface area contributed by atoms with Crippen LogP contribution >= 0.6 is 0 Å². The van der Waals surface area contributed by atoms with Gasteiger partial charge in [-0.25, -0.2) is 4.98 Å². The number of aliphatic hydroxyl groups is 1. The van der Waals surface area contributed by atoms with Crippen molar-refractivity contribution in [1.82, 2.24) is 9.97 Å². The van der Waals surface area contributed by atoms with Crippen LogP contribution in [0.5, 0.6) is 0 Å². The van der Waals surface area contributed by atoms with E-state index in [1.807, 2.05) is 31.2 Å². The molecule has 0 spiro atoms. The molecule has 0 aliphatic carbocycles. The molecule has 0 radical (unpaired) electrons. The number of aromatic nitrogens is 2. The van der Waals surface area contributed by atoms with Gasteiger partial charge >= 0.3 is 0 Å². The van der Waals surface area contributed by atoms with Gasteiger partial charge in [0.1, 0.15) is 5.82 Å². The molecule has 3 nitrogen and oxygen atoms in total. The highest BCUT2D eigenvalue weighted by Gasteiger charge is 2.04. The minimum absolute atomic E-state index is 0.0498. The lowest BCUT2D eigenvalue weighted by molar-refractivity contribution is 0.282. The van der Waals surface area contributed by atoms with Crippen molar-refractivity contribution in [3.8, 4) is 11.3 Å². The smallest absolute Gasteiger partial charge is 0.103 e. The summed E-state index contributed by atoms with van der Waals surface area (Å²) in [6.07, 6.45) is 1.78. The van der Waals surface area contributed by atoms with Crippen LogP contribution in [0.25, 0.3) is 11.3 Å². The number of hydrogen-bond acceptors (Lipinski definition) is 2. The van der Waals surface area contributed by atoms with Crippen LogP contribution < -0.4 is 0 Å². The van der Waals surface area contributed by atoms with E-state index < -0.39 is 0 Å². The summed E-state index contributed by atoms with van der Waals surface area (Å²) in [4.78, 5) is 7.28. The van der Waals surface area contributed by atoms with E-state index in [0.29, 0.717) is 0 Å². The minimum atomic E-state index is 0.0498. The van der Waals surface area contributed by atoms with Crippen molar-refractivity contribution in [2.24, 2.45) is 0 Å². The van der Waals surface area contributed by atoms with Crippen molar-refractivity contribution in [3.05, 3.63) is 41.9 Å². The summed E-state index contributed by atoms with van der Waals surface area (Å²) in [6.45, 7) is 1.96. The van der Waals surface area contributed by atoms with E-state index in [9.17, 15) is 0 Å². The van der Waals surface area contributed by atoms with Crippen LogP contribution in [-0.2, 0) is 6.61 Å². The molecular weight excluding hydrogens is 176 g/mol. The minimum Gasteiger partial charge on any atom is -0.392 e. The predicted molar refractivity (Wildman–Crippen MR) is 54.7 cm³/mol. The lowest BCUT2D eigenvalue weighted by atomic mass is 10.1. The van der Waals surface area contributed by atoms with Crippen molar-refractivity contribution >= 4 is 0 Å². The summed E-state index contributed by atoms with van der Waals surface area (Å²) in [6, 6.07) is 7.74. The number of H-pyrrole nitrogens is 1. The van der Waals surface area contributed by atoms with E-state index in [1.54, 1.807) is 6.20 Å². The largest absolute Gasteiger partial charge is 0.392 e. The molecule has 0 atom stereocenters. The zero-order chi connectivity index (χ0) is 9.97. The van der Waals surface area contributed by atoms with Gasteiger partial charge in [0.15, 0.2) is 0 Å². The Kier molecular flexibility index (Phi) is 2.33. The number of aromatic amines is 1. The summed E-state index contributed by atoms with van der Waals surface area (Å²) in [5, 5.41) is 9.15. The molecule has 2 N–H and O–H groups in total. The van der Waals surface area contributed by atoms with E-state index >= 15 is 0 Å². The van der Waals surface area contributed by atoms with Crippen molar-refractivity contribution in [2.75, 3.05) is 0 Å². The summed E-state index contributed by atoms with van der Waals surface area (Å²) in [7, 11) is 0. The third-order valence-electron chi connectivity index (χ3n) is 2.18. The highest BCUT2D eigenvalue weighted by molar-refractivity contribution is 5.62. The third kappa shape index (κ3) is 1.54. The molecule has 2 aromatic rings. The Bertz CT molecular complexity index is 434. The lowest BCUT2D eigenvalue weighted by Crippen LogP contribution is -1.88. The van der Waals surface area contributed by atoms with Crippen LogP contribution in [0.2, 0.25) is 0 Å². The van der Waals surface area contributed by atoms with Gasteiger partial charge < -0.3 is 10.1 Å². The maximum atomic E-state index is 9.15. The van der Waals surface area contributed by atoms with Gasteiger partial charge in [-0.1, -0.05) is 24.3 Å². The Morgan fingerprint density at radius 1 is 1.36 bits per heavy atom. The number of nitrogens with one attached hydrogen (secondary N) is 1. The van der Waals surface area contributed by atoms with E-state index in [2.05, 4.69) is 9.97 Å².